The van der Waals surface area contributed by atoms with Crippen molar-refractivity contribution < 1.29 is 14.7 Å². The molecule has 112 valence electrons. The highest BCUT2D eigenvalue weighted by Crippen LogP contribution is 2.48. The summed E-state index contributed by atoms with van der Waals surface area (Å²) < 4.78 is 1.00. The lowest BCUT2D eigenvalue weighted by Crippen LogP contribution is -2.40. The fraction of sp³-hybridized carbons (Fsp3) is 0.500. The summed E-state index contributed by atoms with van der Waals surface area (Å²) in [5.74, 6) is -1.00. The maximum Gasteiger partial charge on any atom is 0.306 e. The second kappa shape index (κ2) is 5.44. The molecule has 21 heavy (non-hydrogen) atoms. The third-order valence-electron chi connectivity index (χ3n) is 4.70. The number of carbonyl (C=O) groups is 2. The van der Waals surface area contributed by atoms with Crippen molar-refractivity contribution in [2.45, 2.75) is 43.6 Å². The zero-order valence-corrected chi connectivity index (χ0v) is 13.2. The zero-order chi connectivity index (χ0) is 15.0. The summed E-state index contributed by atoms with van der Waals surface area (Å²) in [7, 11) is 0. The predicted molar refractivity (Wildman–Crippen MR) is 82.0 cm³/mol. The van der Waals surface area contributed by atoms with Gasteiger partial charge in [0.05, 0.1) is 11.3 Å². The Balaban J connectivity index is 1.66. The molecule has 2 saturated carbocycles. The second-order valence-corrected chi connectivity index (χ2v) is 7.02. The van der Waals surface area contributed by atoms with Crippen LogP contribution in [0.15, 0.2) is 28.7 Å². The molecule has 1 aromatic rings. The Kier molecular flexibility index (Phi) is 3.78. The molecule has 0 bridgehead atoms. The van der Waals surface area contributed by atoms with Crippen molar-refractivity contribution in [3.05, 3.63) is 34.3 Å². The molecule has 2 aliphatic rings. The van der Waals surface area contributed by atoms with Crippen LogP contribution in [0.4, 0.5) is 0 Å². The van der Waals surface area contributed by atoms with Crippen molar-refractivity contribution in [2.75, 3.05) is 0 Å². The average molecular weight is 352 g/mol. The first kappa shape index (κ1) is 14.6. The molecule has 4 nitrogen and oxygen atoms in total. The Morgan fingerprint density at radius 2 is 1.86 bits per heavy atom. The number of rotatable bonds is 4. The van der Waals surface area contributed by atoms with Gasteiger partial charge in [-0.25, -0.2) is 0 Å². The van der Waals surface area contributed by atoms with Crippen molar-refractivity contribution in [2.24, 2.45) is 5.92 Å². The summed E-state index contributed by atoms with van der Waals surface area (Å²) in [4.78, 5) is 23.6. The van der Waals surface area contributed by atoms with E-state index < -0.39 is 5.97 Å². The number of benzene rings is 1. The normalized spacial score (nSPS) is 26.3. The molecule has 0 heterocycles. The molecule has 3 rings (SSSR count). The SMILES string of the molecule is O=C(O)[C@@H]1CC[C@H](NC(=O)C2(c3ccc(Br)cc3)CC2)C1. The number of carbonyl (C=O) groups excluding carboxylic acids is 1. The number of carboxylic acids is 1. The molecule has 1 aromatic carbocycles. The van der Waals surface area contributed by atoms with Crippen LogP contribution in [0.5, 0.6) is 0 Å². The van der Waals surface area contributed by atoms with Gasteiger partial charge < -0.3 is 10.4 Å². The topological polar surface area (TPSA) is 66.4 Å². The van der Waals surface area contributed by atoms with Crippen LogP contribution in [0, 0.1) is 5.92 Å². The number of nitrogens with one attached hydrogen (secondary N) is 1. The lowest BCUT2D eigenvalue weighted by atomic mass is 9.94. The summed E-state index contributed by atoms with van der Waals surface area (Å²) >= 11 is 3.40. The highest BCUT2D eigenvalue weighted by Gasteiger charge is 2.51. The summed E-state index contributed by atoms with van der Waals surface area (Å²) in [6.45, 7) is 0. The Labute approximate surface area is 132 Å². The fourth-order valence-corrected chi connectivity index (χ4v) is 3.47. The maximum absolute atomic E-state index is 12.6. The summed E-state index contributed by atoms with van der Waals surface area (Å²) in [6, 6.07) is 7.90. The molecule has 2 aliphatic carbocycles. The van der Waals surface area contributed by atoms with Crippen molar-refractivity contribution in [1.29, 1.82) is 0 Å². The molecule has 0 aromatic heterocycles. The first-order valence-corrected chi connectivity index (χ1v) is 8.10. The van der Waals surface area contributed by atoms with E-state index >= 15 is 0 Å². The maximum atomic E-state index is 12.6. The van der Waals surface area contributed by atoms with Gasteiger partial charge in [-0.15, -0.1) is 0 Å². The van der Waals surface area contributed by atoms with Gasteiger partial charge >= 0.3 is 5.97 Å². The number of hydrogen-bond donors (Lipinski definition) is 2. The van der Waals surface area contributed by atoms with E-state index in [-0.39, 0.29) is 23.3 Å². The van der Waals surface area contributed by atoms with Gasteiger partial charge in [0.1, 0.15) is 0 Å². The molecule has 2 fully saturated rings. The fourth-order valence-electron chi connectivity index (χ4n) is 3.20. The monoisotopic (exact) mass is 351 g/mol. The van der Waals surface area contributed by atoms with Crippen LogP contribution in [-0.2, 0) is 15.0 Å². The van der Waals surface area contributed by atoms with Crippen LogP contribution in [0.2, 0.25) is 0 Å². The largest absolute Gasteiger partial charge is 0.481 e. The Bertz CT molecular complexity index is 565. The van der Waals surface area contributed by atoms with Crippen LogP contribution in [-0.4, -0.2) is 23.0 Å². The molecule has 0 aliphatic heterocycles. The summed E-state index contributed by atoms with van der Waals surface area (Å²) in [5.41, 5.74) is 0.665. The predicted octanol–water partition coefficient (Wildman–Crippen LogP) is 2.85. The molecule has 0 saturated heterocycles. The van der Waals surface area contributed by atoms with Crippen LogP contribution in [0.1, 0.15) is 37.7 Å². The van der Waals surface area contributed by atoms with Crippen molar-refractivity contribution >= 4 is 27.8 Å². The van der Waals surface area contributed by atoms with Crippen LogP contribution in [0.3, 0.4) is 0 Å². The molecule has 1 amide bonds. The van der Waals surface area contributed by atoms with Gasteiger partial charge in [-0.3, -0.25) is 9.59 Å². The van der Waals surface area contributed by atoms with Gasteiger partial charge in [0.25, 0.3) is 0 Å². The van der Waals surface area contributed by atoms with Gasteiger partial charge in [-0.1, -0.05) is 28.1 Å². The van der Waals surface area contributed by atoms with E-state index in [9.17, 15) is 9.59 Å². The summed E-state index contributed by atoms with van der Waals surface area (Å²) in [6.07, 6.45) is 3.72. The van der Waals surface area contributed by atoms with E-state index in [0.29, 0.717) is 12.8 Å². The quantitative estimate of drug-likeness (QED) is 0.876. The molecular formula is C16H18BrNO3. The number of aliphatic carboxylic acids is 1. The molecule has 0 radical (unpaired) electrons. The van der Waals surface area contributed by atoms with Gasteiger partial charge in [-0.2, -0.15) is 0 Å². The lowest BCUT2D eigenvalue weighted by Gasteiger charge is -2.19. The van der Waals surface area contributed by atoms with Crippen molar-refractivity contribution in [1.82, 2.24) is 5.32 Å². The average Bonchev–Trinajstić information content (AvgIpc) is 3.13. The molecule has 2 atom stereocenters. The van der Waals surface area contributed by atoms with Crippen molar-refractivity contribution in [3.8, 4) is 0 Å². The third kappa shape index (κ3) is 2.84. The molecular weight excluding hydrogens is 334 g/mol. The van der Waals surface area contributed by atoms with Crippen LogP contribution < -0.4 is 5.32 Å². The minimum atomic E-state index is -0.749. The third-order valence-corrected chi connectivity index (χ3v) is 5.23. The van der Waals surface area contributed by atoms with Crippen molar-refractivity contribution in [3.63, 3.8) is 0 Å². The van der Waals surface area contributed by atoms with Gasteiger partial charge in [-0.05, 0) is 49.8 Å². The van der Waals surface area contributed by atoms with E-state index in [1.54, 1.807) is 0 Å². The first-order chi connectivity index (χ1) is 10.0. The zero-order valence-electron chi connectivity index (χ0n) is 11.6. The highest BCUT2D eigenvalue weighted by atomic mass is 79.9. The van der Waals surface area contributed by atoms with E-state index in [4.69, 9.17) is 5.11 Å². The Hall–Kier alpha value is -1.36. The van der Waals surface area contributed by atoms with E-state index in [1.165, 1.54) is 0 Å². The van der Waals surface area contributed by atoms with Gasteiger partial charge in [0, 0.05) is 10.5 Å². The van der Waals surface area contributed by atoms with Crippen LogP contribution >= 0.6 is 15.9 Å². The highest BCUT2D eigenvalue weighted by molar-refractivity contribution is 9.10. The Morgan fingerprint density at radius 3 is 2.38 bits per heavy atom. The van der Waals surface area contributed by atoms with Crippen LogP contribution in [0.25, 0.3) is 0 Å². The lowest BCUT2D eigenvalue weighted by molar-refractivity contribution is -0.141. The van der Waals surface area contributed by atoms with Gasteiger partial charge in [0.2, 0.25) is 5.91 Å². The van der Waals surface area contributed by atoms with Gasteiger partial charge in [0.15, 0.2) is 0 Å². The smallest absolute Gasteiger partial charge is 0.306 e. The first-order valence-electron chi connectivity index (χ1n) is 7.31. The van der Waals surface area contributed by atoms with E-state index in [0.717, 1.165) is 29.3 Å². The number of carboxylic acid groups (broad SMARTS) is 1. The Morgan fingerprint density at radius 1 is 1.19 bits per heavy atom. The van der Waals surface area contributed by atoms with E-state index in [1.807, 2.05) is 24.3 Å². The van der Waals surface area contributed by atoms with E-state index in [2.05, 4.69) is 21.2 Å². The molecule has 5 heteroatoms. The molecule has 0 unspecified atom stereocenters. The minimum Gasteiger partial charge on any atom is -0.481 e. The summed E-state index contributed by atoms with van der Waals surface area (Å²) in [5, 5.41) is 12.1. The minimum absolute atomic E-state index is 0.00604. The standard InChI is InChI=1S/C16H18BrNO3/c17-12-4-2-11(3-5-12)16(7-8-16)15(21)18-13-6-1-10(9-13)14(19)20/h2-5,10,13H,1,6-9H2,(H,18,21)(H,19,20)/t10-,13+/m1/s1. The second-order valence-electron chi connectivity index (χ2n) is 6.11. The number of hydrogen-bond acceptors (Lipinski definition) is 2. The molecule has 0 spiro atoms. The molecule has 2 N–H and O–H groups in total. The number of amides is 1. The number of halogens is 1.